The topological polar surface area (TPSA) is 42.4 Å². The van der Waals surface area contributed by atoms with Gasteiger partial charge in [0.15, 0.2) is 5.13 Å². The average Bonchev–Trinajstić information content (AvgIpc) is 3.03. The van der Waals surface area contributed by atoms with Crippen molar-refractivity contribution < 1.29 is 9.53 Å². The van der Waals surface area contributed by atoms with Gasteiger partial charge in [-0.05, 0) is 25.0 Å². The van der Waals surface area contributed by atoms with Crippen molar-refractivity contribution in [1.29, 1.82) is 0 Å². The first-order valence-corrected chi connectivity index (χ1v) is 8.18. The zero-order chi connectivity index (χ0) is 14.5. The molecule has 0 N–H and O–H groups in total. The van der Waals surface area contributed by atoms with Crippen molar-refractivity contribution in [3.05, 3.63) is 41.9 Å². The second-order valence-corrected chi connectivity index (χ2v) is 6.03. The number of benzene rings is 1. The maximum absolute atomic E-state index is 12.6. The Labute approximate surface area is 128 Å². The van der Waals surface area contributed by atoms with Crippen molar-refractivity contribution in [2.75, 3.05) is 4.90 Å². The van der Waals surface area contributed by atoms with E-state index in [2.05, 4.69) is 4.98 Å². The number of para-hydroxylation sites is 1. The Morgan fingerprint density at radius 3 is 2.62 bits per heavy atom. The zero-order valence-corrected chi connectivity index (χ0v) is 12.6. The molecule has 1 heterocycles. The Bertz CT molecular complexity index is 565. The number of carbonyl (C=O) groups is 1. The number of nitrogens with zero attached hydrogens (tertiary/aromatic N) is 2. The van der Waals surface area contributed by atoms with Gasteiger partial charge in [-0.15, -0.1) is 11.3 Å². The van der Waals surface area contributed by atoms with E-state index in [4.69, 9.17) is 4.74 Å². The van der Waals surface area contributed by atoms with Crippen molar-refractivity contribution in [2.45, 2.75) is 38.1 Å². The highest BCUT2D eigenvalue weighted by atomic mass is 32.1. The fourth-order valence-corrected chi connectivity index (χ4v) is 3.40. The molecular formula is C16H18N2O2S. The molecule has 5 heteroatoms. The van der Waals surface area contributed by atoms with Crippen LogP contribution >= 0.6 is 11.3 Å². The highest BCUT2D eigenvalue weighted by Gasteiger charge is 2.30. The summed E-state index contributed by atoms with van der Waals surface area (Å²) >= 11 is 1.48. The average molecular weight is 302 g/mol. The van der Waals surface area contributed by atoms with Crippen molar-refractivity contribution in [1.82, 2.24) is 4.98 Å². The third-order valence-electron chi connectivity index (χ3n) is 3.71. The van der Waals surface area contributed by atoms with E-state index < -0.39 is 0 Å². The fourth-order valence-electron chi connectivity index (χ4n) is 2.70. The maximum atomic E-state index is 12.6. The van der Waals surface area contributed by atoms with Gasteiger partial charge in [-0.1, -0.05) is 37.5 Å². The second kappa shape index (κ2) is 6.72. The molecule has 0 bridgehead atoms. The summed E-state index contributed by atoms with van der Waals surface area (Å²) in [6, 6.07) is 9.39. The lowest BCUT2D eigenvalue weighted by Gasteiger charge is -2.31. The highest BCUT2D eigenvalue weighted by Crippen LogP contribution is 2.29. The van der Waals surface area contributed by atoms with Crippen molar-refractivity contribution in [3.8, 4) is 5.75 Å². The molecule has 1 aromatic heterocycles. The molecular weight excluding hydrogens is 284 g/mol. The number of hydrogen-bond donors (Lipinski definition) is 0. The van der Waals surface area contributed by atoms with Gasteiger partial charge in [0.25, 0.3) is 0 Å². The summed E-state index contributed by atoms with van der Waals surface area (Å²) in [5.74, 6) is 0.569. The molecule has 0 spiro atoms. The molecule has 1 saturated carbocycles. The van der Waals surface area contributed by atoms with E-state index in [-0.39, 0.29) is 12.1 Å². The molecule has 2 aromatic rings. The molecule has 0 radical (unpaired) electrons. The number of aromatic nitrogens is 1. The Kier molecular flexibility index (Phi) is 4.50. The number of thiazole rings is 1. The van der Waals surface area contributed by atoms with Crippen LogP contribution in [0.1, 0.15) is 32.1 Å². The molecule has 0 atom stereocenters. The molecule has 0 unspecified atom stereocenters. The molecule has 3 rings (SSSR count). The molecule has 1 fully saturated rings. The van der Waals surface area contributed by atoms with Crippen LogP contribution in [0.5, 0.6) is 5.75 Å². The first kappa shape index (κ1) is 14.1. The van der Waals surface area contributed by atoms with Crippen molar-refractivity contribution >= 4 is 22.6 Å². The number of carbonyl (C=O) groups excluding carboxylic acids is 1. The lowest BCUT2D eigenvalue weighted by molar-refractivity contribution is 0.202. The van der Waals surface area contributed by atoms with Gasteiger partial charge in [0.1, 0.15) is 5.75 Å². The summed E-state index contributed by atoms with van der Waals surface area (Å²) in [5.41, 5.74) is 0. The summed E-state index contributed by atoms with van der Waals surface area (Å²) in [7, 11) is 0. The molecule has 1 aliphatic rings. The third-order valence-corrected chi connectivity index (χ3v) is 4.48. The van der Waals surface area contributed by atoms with E-state index in [1.807, 2.05) is 23.6 Å². The summed E-state index contributed by atoms with van der Waals surface area (Å²) in [6.07, 6.45) is 6.99. The molecule has 21 heavy (non-hydrogen) atoms. The summed E-state index contributed by atoms with van der Waals surface area (Å²) in [4.78, 5) is 18.6. The van der Waals surface area contributed by atoms with Gasteiger partial charge >= 0.3 is 6.09 Å². The van der Waals surface area contributed by atoms with Crippen LogP contribution in [0, 0.1) is 0 Å². The quantitative estimate of drug-likeness (QED) is 0.839. The van der Waals surface area contributed by atoms with Crippen molar-refractivity contribution in [3.63, 3.8) is 0 Å². The van der Waals surface area contributed by atoms with E-state index in [0.29, 0.717) is 5.75 Å². The fraction of sp³-hybridized carbons (Fsp3) is 0.375. The smallest absolute Gasteiger partial charge is 0.410 e. The van der Waals surface area contributed by atoms with E-state index in [1.54, 1.807) is 23.2 Å². The van der Waals surface area contributed by atoms with Gasteiger partial charge < -0.3 is 4.74 Å². The molecule has 4 nitrogen and oxygen atoms in total. The summed E-state index contributed by atoms with van der Waals surface area (Å²) in [5, 5.41) is 2.61. The van der Waals surface area contributed by atoms with E-state index >= 15 is 0 Å². The maximum Gasteiger partial charge on any atom is 0.421 e. The van der Waals surface area contributed by atoms with E-state index in [0.717, 1.165) is 30.8 Å². The van der Waals surface area contributed by atoms with Crippen LogP contribution in [0.2, 0.25) is 0 Å². The number of hydrogen-bond acceptors (Lipinski definition) is 4. The number of amides is 1. The Morgan fingerprint density at radius 2 is 1.95 bits per heavy atom. The van der Waals surface area contributed by atoms with Crippen LogP contribution in [0.4, 0.5) is 9.93 Å². The first-order chi connectivity index (χ1) is 10.3. The van der Waals surface area contributed by atoms with Crippen molar-refractivity contribution in [2.24, 2.45) is 0 Å². The van der Waals surface area contributed by atoms with Gasteiger partial charge in [0.05, 0.1) is 0 Å². The van der Waals surface area contributed by atoms with E-state index in [1.165, 1.54) is 17.8 Å². The lowest BCUT2D eigenvalue weighted by atomic mass is 9.95. The molecule has 1 aliphatic carbocycles. The van der Waals surface area contributed by atoms with Crippen LogP contribution in [-0.2, 0) is 0 Å². The van der Waals surface area contributed by atoms with Gasteiger partial charge in [-0.25, -0.2) is 14.7 Å². The Balaban J connectivity index is 1.79. The van der Waals surface area contributed by atoms with Crippen LogP contribution in [0.25, 0.3) is 0 Å². The molecule has 1 aromatic carbocycles. The predicted octanol–water partition coefficient (Wildman–Crippen LogP) is 4.48. The summed E-state index contributed by atoms with van der Waals surface area (Å²) in [6.45, 7) is 0. The molecule has 110 valence electrons. The summed E-state index contributed by atoms with van der Waals surface area (Å²) < 4.78 is 5.51. The van der Waals surface area contributed by atoms with Gasteiger partial charge in [0.2, 0.25) is 0 Å². The Hall–Kier alpha value is -1.88. The first-order valence-electron chi connectivity index (χ1n) is 7.30. The molecule has 0 saturated heterocycles. The second-order valence-electron chi connectivity index (χ2n) is 5.16. The number of anilines is 1. The highest BCUT2D eigenvalue weighted by molar-refractivity contribution is 7.13. The zero-order valence-electron chi connectivity index (χ0n) is 11.8. The van der Waals surface area contributed by atoms with Gasteiger partial charge in [0, 0.05) is 17.6 Å². The largest absolute Gasteiger partial charge is 0.421 e. The number of rotatable bonds is 3. The number of ether oxygens (including phenoxy) is 1. The van der Waals surface area contributed by atoms with Gasteiger partial charge in [-0.2, -0.15) is 0 Å². The van der Waals surface area contributed by atoms with E-state index in [9.17, 15) is 4.79 Å². The monoisotopic (exact) mass is 302 g/mol. The minimum absolute atomic E-state index is 0.195. The minimum Gasteiger partial charge on any atom is -0.410 e. The standard InChI is InChI=1S/C16H18N2O2S/c19-16(20-14-9-5-2-6-10-14)18(15-17-11-12-21-15)13-7-3-1-4-8-13/h2,5-6,9-13H,1,3-4,7-8H2. The van der Waals surface area contributed by atoms with Gasteiger partial charge in [-0.3, -0.25) is 0 Å². The lowest BCUT2D eigenvalue weighted by Crippen LogP contribution is -2.43. The normalized spacial score (nSPS) is 15.6. The van der Waals surface area contributed by atoms with Crippen LogP contribution in [0.15, 0.2) is 41.9 Å². The Morgan fingerprint density at radius 1 is 1.19 bits per heavy atom. The minimum atomic E-state index is -0.331. The molecule has 0 aliphatic heterocycles. The van der Waals surface area contributed by atoms with Crippen LogP contribution in [0.3, 0.4) is 0 Å². The predicted molar refractivity (Wildman–Crippen MR) is 83.9 cm³/mol. The van der Waals surface area contributed by atoms with Crippen LogP contribution < -0.4 is 9.64 Å². The molecule has 1 amide bonds. The van der Waals surface area contributed by atoms with Crippen LogP contribution in [-0.4, -0.2) is 17.1 Å². The third kappa shape index (κ3) is 3.42. The SMILES string of the molecule is O=C(Oc1ccccc1)N(c1nccs1)C1CCCCC1.